The van der Waals surface area contributed by atoms with Crippen molar-refractivity contribution in [3.8, 4) is 0 Å². The number of amides is 1. The Labute approximate surface area is 141 Å². The van der Waals surface area contributed by atoms with Gasteiger partial charge >= 0.3 is 0 Å². The zero-order chi connectivity index (χ0) is 13.5. The van der Waals surface area contributed by atoms with Crippen LogP contribution in [0.1, 0.15) is 12.8 Å². The molecule has 1 aliphatic carbocycles. The second-order valence-electron chi connectivity index (χ2n) is 5.27. The van der Waals surface area contributed by atoms with E-state index in [4.69, 9.17) is 17.3 Å². The quantitative estimate of drug-likeness (QED) is 0.879. The first-order valence-electron chi connectivity index (χ1n) is 6.53. The summed E-state index contributed by atoms with van der Waals surface area (Å²) < 4.78 is 0. The first-order chi connectivity index (χ1) is 9.08. The lowest BCUT2D eigenvalue weighted by Crippen LogP contribution is -2.54. The van der Waals surface area contributed by atoms with Crippen LogP contribution in [0.5, 0.6) is 0 Å². The van der Waals surface area contributed by atoms with Gasteiger partial charge < -0.3 is 15.5 Å². The van der Waals surface area contributed by atoms with Crippen molar-refractivity contribution in [3.63, 3.8) is 0 Å². The summed E-state index contributed by atoms with van der Waals surface area (Å²) in [6.45, 7) is 3.00. The van der Waals surface area contributed by atoms with Crippen LogP contribution in [0.4, 0.5) is 5.82 Å². The van der Waals surface area contributed by atoms with Crippen LogP contribution in [0, 0.1) is 0 Å². The van der Waals surface area contributed by atoms with Gasteiger partial charge in [-0.1, -0.05) is 11.6 Å². The summed E-state index contributed by atoms with van der Waals surface area (Å²) in [7, 11) is 0. The van der Waals surface area contributed by atoms with E-state index in [9.17, 15) is 4.79 Å². The molecule has 2 fully saturated rings. The van der Waals surface area contributed by atoms with Crippen LogP contribution in [-0.2, 0) is 4.79 Å². The highest BCUT2D eigenvalue weighted by atomic mass is 35.5. The molecule has 0 radical (unpaired) electrons. The molecule has 1 saturated carbocycles. The number of nitrogens with zero attached hydrogens (tertiary/aromatic N) is 3. The molecule has 8 heteroatoms. The molecule has 0 spiro atoms. The van der Waals surface area contributed by atoms with Crippen LogP contribution in [-0.4, -0.2) is 47.5 Å². The summed E-state index contributed by atoms with van der Waals surface area (Å²) >= 11 is 5.82. The van der Waals surface area contributed by atoms with Gasteiger partial charge in [-0.05, 0) is 25.0 Å². The number of carbonyl (C=O) groups excluding carboxylic acids is 1. The van der Waals surface area contributed by atoms with E-state index in [0.29, 0.717) is 18.1 Å². The number of rotatable bonds is 2. The molecule has 2 N–H and O–H groups in total. The van der Waals surface area contributed by atoms with Gasteiger partial charge in [0, 0.05) is 32.4 Å². The Hall–Kier alpha value is -0.750. The van der Waals surface area contributed by atoms with Gasteiger partial charge in [0.15, 0.2) is 0 Å². The number of aromatic nitrogens is 1. The topological polar surface area (TPSA) is 62.5 Å². The smallest absolute Gasteiger partial charge is 0.242 e. The Bertz CT molecular complexity index is 485. The minimum absolute atomic E-state index is 0. The van der Waals surface area contributed by atoms with Crippen molar-refractivity contribution in [2.45, 2.75) is 18.4 Å². The molecular weight excluding hydrogens is 335 g/mol. The maximum atomic E-state index is 12.1. The van der Waals surface area contributed by atoms with E-state index >= 15 is 0 Å². The zero-order valence-corrected chi connectivity index (χ0v) is 13.9. The molecule has 1 saturated heterocycles. The largest absolute Gasteiger partial charge is 0.353 e. The fraction of sp³-hybridized carbons (Fsp3) is 0.538. The average molecular weight is 354 g/mol. The highest BCUT2D eigenvalue weighted by Crippen LogP contribution is 2.34. The van der Waals surface area contributed by atoms with Crippen LogP contribution in [0.25, 0.3) is 0 Å². The first-order valence-corrected chi connectivity index (χ1v) is 6.91. The van der Waals surface area contributed by atoms with Gasteiger partial charge in [-0.25, -0.2) is 4.98 Å². The fourth-order valence-corrected chi connectivity index (χ4v) is 2.47. The first kappa shape index (κ1) is 18.3. The molecule has 3 rings (SSSR count). The van der Waals surface area contributed by atoms with E-state index in [1.165, 1.54) is 0 Å². The second kappa shape index (κ2) is 7.01. The van der Waals surface area contributed by atoms with E-state index in [-0.39, 0.29) is 30.7 Å². The van der Waals surface area contributed by atoms with Crippen molar-refractivity contribution >= 4 is 48.1 Å². The molecule has 0 aromatic carbocycles. The van der Waals surface area contributed by atoms with Crippen LogP contribution >= 0.6 is 36.4 Å². The number of halogens is 3. The number of hydrogen-bond acceptors (Lipinski definition) is 4. The number of anilines is 1. The van der Waals surface area contributed by atoms with Gasteiger partial charge in [0.1, 0.15) is 5.82 Å². The lowest BCUT2D eigenvalue weighted by Gasteiger charge is -2.36. The van der Waals surface area contributed by atoms with Crippen LogP contribution in [0.15, 0.2) is 18.3 Å². The molecule has 1 aromatic rings. The van der Waals surface area contributed by atoms with E-state index in [0.717, 1.165) is 31.7 Å². The van der Waals surface area contributed by atoms with Gasteiger partial charge in [0.2, 0.25) is 5.91 Å². The van der Waals surface area contributed by atoms with E-state index in [2.05, 4.69) is 9.88 Å². The minimum atomic E-state index is -0.555. The molecular formula is C13H19Cl3N4O. The normalized spacial score (nSPS) is 19.3. The molecule has 2 heterocycles. The highest BCUT2D eigenvalue weighted by molar-refractivity contribution is 6.30. The Kier molecular flexibility index (Phi) is 6.11. The van der Waals surface area contributed by atoms with Gasteiger partial charge in [0.05, 0.1) is 10.6 Å². The average Bonchev–Trinajstić information content (AvgIpc) is 3.18. The summed E-state index contributed by atoms with van der Waals surface area (Å²) in [5.41, 5.74) is 5.40. The molecule has 0 bridgehead atoms. The van der Waals surface area contributed by atoms with Crippen molar-refractivity contribution in [2.75, 3.05) is 31.1 Å². The van der Waals surface area contributed by atoms with Crippen molar-refractivity contribution < 1.29 is 4.79 Å². The summed E-state index contributed by atoms with van der Waals surface area (Å²) in [5.74, 6) is 1.02. The van der Waals surface area contributed by atoms with Gasteiger partial charge in [0.25, 0.3) is 0 Å². The fourth-order valence-electron chi connectivity index (χ4n) is 2.36. The van der Waals surface area contributed by atoms with Crippen LogP contribution in [0.3, 0.4) is 0 Å². The van der Waals surface area contributed by atoms with Crippen LogP contribution < -0.4 is 10.6 Å². The Morgan fingerprint density at radius 1 is 1.19 bits per heavy atom. The summed E-state index contributed by atoms with van der Waals surface area (Å²) in [4.78, 5) is 20.5. The van der Waals surface area contributed by atoms with Crippen molar-refractivity contribution in [2.24, 2.45) is 5.73 Å². The zero-order valence-electron chi connectivity index (χ0n) is 11.5. The third-order valence-electron chi connectivity index (χ3n) is 3.82. The predicted molar refractivity (Wildman–Crippen MR) is 88.7 cm³/mol. The second-order valence-corrected chi connectivity index (χ2v) is 5.71. The molecule has 0 atom stereocenters. The number of carbonyl (C=O) groups is 1. The minimum Gasteiger partial charge on any atom is -0.353 e. The molecule has 0 unspecified atom stereocenters. The van der Waals surface area contributed by atoms with Crippen LogP contribution in [0.2, 0.25) is 5.02 Å². The number of nitrogens with two attached hydrogens (primary N) is 1. The SMILES string of the molecule is Cl.Cl.NC1(C(=O)N2CCN(c3ccc(Cl)cn3)CC2)CC1. The monoisotopic (exact) mass is 352 g/mol. The van der Waals surface area contributed by atoms with Crippen molar-refractivity contribution in [3.05, 3.63) is 23.4 Å². The summed E-state index contributed by atoms with van der Waals surface area (Å²) in [6.07, 6.45) is 3.29. The summed E-state index contributed by atoms with van der Waals surface area (Å²) in [6, 6.07) is 3.74. The predicted octanol–water partition coefficient (Wildman–Crippen LogP) is 1.72. The maximum Gasteiger partial charge on any atom is 0.242 e. The Morgan fingerprint density at radius 3 is 2.29 bits per heavy atom. The van der Waals surface area contributed by atoms with Gasteiger partial charge in [-0.15, -0.1) is 24.8 Å². The molecule has 5 nitrogen and oxygen atoms in total. The molecule has 2 aliphatic rings. The standard InChI is InChI=1S/C13H17ClN4O.2ClH/c14-10-1-2-11(16-9-10)17-5-7-18(8-6-17)12(19)13(15)3-4-13;;/h1-2,9H,3-8,15H2;2*1H. The number of piperazine rings is 1. The lowest BCUT2D eigenvalue weighted by atomic mass is 10.2. The molecule has 21 heavy (non-hydrogen) atoms. The highest BCUT2D eigenvalue weighted by Gasteiger charge is 2.48. The molecule has 1 amide bonds. The lowest BCUT2D eigenvalue weighted by molar-refractivity contribution is -0.133. The number of pyridine rings is 1. The van der Waals surface area contributed by atoms with Crippen molar-refractivity contribution in [1.82, 2.24) is 9.88 Å². The van der Waals surface area contributed by atoms with E-state index < -0.39 is 5.54 Å². The molecule has 1 aliphatic heterocycles. The summed E-state index contributed by atoms with van der Waals surface area (Å²) in [5, 5.41) is 0.636. The third-order valence-corrected chi connectivity index (χ3v) is 4.04. The Morgan fingerprint density at radius 2 is 1.81 bits per heavy atom. The van der Waals surface area contributed by atoms with Crippen molar-refractivity contribution in [1.29, 1.82) is 0 Å². The molecule has 1 aromatic heterocycles. The van der Waals surface area contributed by atoms with Gasteiger partial charge in [-0.3, -0.25) is 4.79 Å². The van der Waals surface area contributed by atoms with E-state index in [1.54, 1.807) is 6.20 Å². The third kappa shape index (κ3) is 3.92. The van der Waals surface area contributed by atoms with E-state index in [1.807, 2.05) is 17.0 Å². The van der Waals surface area contributed by atoms with Gasteiger partial charge in [-0.2, -0.15) is 0 Å². The number of hydrogen-bond donors (Lipinski definition) is 1. The molecule has 118 valence electrons. The maximum absolute atomic E-state index is 12.1. The Balaban J connectivity index is 0.00000110.